The van der Waals surface area contributed by atoms with Crippen LogP contribution < -0.4 is 14.9 Å². The number of nitrogens with zero attached hydrogens (tertiary/aromatic N) is 1. The molecule has 0 saturated carbocycles. The van der Waals surface area contributed by atoms with E-state index in [0.717, 1.165) is 48.2 Å². The van der Waals surface area contributed by atoms with E-state index in [2.05, 4.69) is 14.9 Å². The second-order valence-corrected chi connectivity index (χ2v) is 8.80. The highest BCUT2D eigenvalue weighted by atomic mass is 32.2. The maximum absolute atomic E-state index is 13.2. The molecule has 5 rings (SSSR count). The van der Waals surface area contributed by atoms with Crippen LogP contribution in [0.3, 0.4) is 0 Å². The SMILES string of the molecule is O=S(=O)(Nc1cc(N2CCNCC2)c2occc2c1)c1cccc2ccccc12. The zero-order valence-electron chi connectivity index (χ0n) is 15.8. The zero-order chi connectivity index (χ0) is 19.8. The highest BCUT2D eigenvalue weighted by Crippen LogP contribution is 2.33. The Balaban J connectivity index is 1.57. The van der Waals surface area contributed by atoms with Gasteiger partial charge in [-0.1, -0.05) is 36.4 Å². The van der Waals surface area contributed by atoms with E-state index in [4.69, 9.17) is 4.42 Å². The number of benzene rings is 3. The smallest absolute Gasteiger partial charge is 0.262 e. The van der Waals surface area contributed by atoms with E-state index in [-0.39, 0.29) is 4.90 Å². The Morgan fingerprint density at radius 2 is 1.72 bits per heavy atom. The topological polar surface area (TPSA) is 74.6 Å². The van der Waals surface area contributed by atoms with Gasteiger partial charge in [0.25, 0.3) is 10.0 Å². The lowest BCUT2D eigenvalue weighted by molar-refractivity contribution is 0.579. The summed E-state index contributed by atoms with van der Waals surface area (Å²) >= 11 is 0. The van der Waals surface area contributed by atoms with Crippen LogP contribution in [0.5, 0.6) is 0 Å². The maximum Gasteiger partial charge on any atom is 0.262 e. The Hall–Kier alpha value is -3.03. The van der Waals surface area contributed by atoms with Crippen LogP contribution in [0, 0.1) is 0 Å². The number of hydrogen-bond acceptors (Lipinski definition) is 5. The molecule has 7 heteroatoms. The van der Waals surface area contributed by atoms with Crippen LogP contribution in [0.1, 0.15) is 0 Å². The van der Waals surface area contributed by atoms with Gasteiger partial charge in [-0.25, -0.2) is 8.42 Å². The molecule has 0 amide bonds. The van der Waals surface area contributed by atoms with Gasteiger partial charge in [-0.3, -0.25) is 4.72 Å². The maximum atomic E-state index is 13.2. The second kappa shape index (κ2) is 7.09. The number of anilines is 2. The van der Waals surface area contributed by atoms with Crippen LogP contribution in [-0.4, -0.2) is 34.6 Å². The van der Waals surface area contributed by atoms with E-state index in [9.17, 15) is 8.42 Å². The fraction of sp³-hybridized carbons (Fsp3) is 0.182. The van der Waals surface area contributed by atoms with E-state index in [1.165, 1.54) is 0 Å². The summed E-state index contributed by atoms with van der Waals surface area (Å²) in [5.41, 5.74) is 2.21. The van der Waals surface area contributed by atoms with Crippen LogP contribution in [0.2, 0.25) is 0 Å². The van der Waals surface area contributed by atoms with Crippen molar-refractivity contribution in [3.8, 4) is 0 Å². The molecule has 0 unspecified atom stereocenters. The molecule has 2 heterocycles. The molecule has 0 radical (unpaired) electrons. The summed E-state index contributed by atoms with van der Waals surface area (Å²) in [4.78, 5) is 2.49. The Kier molecular flexibility index (Phi) is 4.41. The van der Waals surface area contributed by atoms with Gasteiger partial charge in [0, 0.05) is 37.0 Å². The monoisotopic (exact) mass is 407 g/mol. The lowest BCUT2D eigenvalue weighted by atomic mass is 10.1. The van der Waals surface area contributed by atoms with Gasteiger partial charge in [0.1, 0.15) is 0 Å². The van der Waals surface area contributed by atoms with Crippen molar-refractivity contribution in [2.75, 3.05) is 35.8 Å². The van der Waals surface area contributed by atoms with Gasteiger partial charge in [-0.2, -0.15) is 0 Å². The van der Waals surface area contributed by atoms with Crippen LogP contribution in [0.15, 0.2) is 76.2 Å². The van der Waals surface area contributed by atoms with Crippen molar-refractivity contribution in [3.63, 3.8) is 0 Å². The van der Waals surface area contributed by atoms with Crippen molar-refractivity contribution in [3.05, 3.63) is 66.9 Å². The minimum Gasteiger partial charge on any atom is -0.462 e. The minimum atomic E-state index is -3.75. The summed E-state index contributed by atoms with van der Waals surface area (Å²) in [6, 6.07) is 18.3. The molecule has 3 aromatic carbocycles. The number of hydrogen-bond donors (Lipinski definition) is 2. The average Bonchev–Trinajstić information content (AvgIpc) is 3.21. The van der Waals surface area contributed by atoms with Crippen molar-refractivity contribution < 1.29 is 12.8 Å². The largest absolute Gasteiger partial charge is 0.462 e. The van der Waals surface area contributed by atoms with Crippen LogP contribution in [0.4, 0.5) is 11.4 Å². The fourth-order valence-electron chi connectivity index (χ4n) is 3.90. The van der Waals surface area contributed by atoms with Crippen molar-refractivity contribution in [2.45, 2.75) is 4.90 Å². The molecular formula is C22H21N3O3S. The lowest BCUT2D eigenvalue weighted by Crippen LogP contribution is -2.43. The second-order valence-electron chi connectivity index (χ2n) is 7.15. The van der Waals surface area contributed by atoms with Gasteiger partial charge < -0.3 is 14.6 Å². The first-order valence-electron chi connectivity index (χ1n) is 9.59. The summed E-state index contributed by atoms with van der Waals surface area (Å²) in [5, 5.41) is 5.80. The van der Waals surface area contributed by atoms with Crippen molar-refractivity contribution >= 4 is 43.1 Å². The van der Waals surface area contributed by atoms with E-state index in [1.807, 2.05) is 48.5 Å². The normalized spacial score (nSPS) is 15.1. The Labute approximate surface area is 169 Å². The first kappa shape index (κ1) is 18.0. The van der Waals surface area contributed by atoms with Crippen molar-refractivity contribution in [2.24, 2.45) is 0 Å². The molecule has 148 valence electrons. The van der Waals surface area contributed by atoms with Gasteiger partial charge in [0.15, 0.2) is 5.58 Å². The van der Waals surface area contributed by atoms with Gasteiger partial charge >= 0.3 is 0 Å². The summed E-state index contributed by atoms with van der Waals surface area (Å²) < 4.78 is 34.9. The summed E-state index contributed by atoms with van der Waals surface area (Å²) in [5.74, 6) is 0. The Morgan fingerprint density at radius 1 is 0.931 bits per heavy atom. The minimum absolute atomic E-state index is 0.270. The Bertz CT molecular complexity index is 1290. The summed E-state index contributed by atoms with van der Waals surface area (Å²) in [6.07, 6.45) is 1.64. The molecule has 2 N–H and O–H groups in total. The van der Waals surface area contributed by atoms with Crippen LogP contribution in [-0.2, 0) is 10.0 Å². The Morgan fingerprint density at radius 3 is 2.59 bits per heavy atom. The molecule has 1 aliphatic heterocycles. The molecular weight excluding hydrogens is 386 g/mol. The standard InChI is InChI=1S/C22H21N3O3S/c26-29(27,21-7-3-5-16-4-1-2-6-19(16)21)24-18-14-17-8-13-28-22(17)20(15-18)25-11-9-23-10-12-25/h1-8,13-15,23-24H,9-12H2. The van der Waals surface area contributed by atoms with Gasteiger partial charge in [-0.15, -0.1) is 0 Å². The first-order chi connectivity index (χ1) is 14.1. The van der Waals surface area contributed by atoms with E-state index in [1.54, 1.807) is 18.4 Å². The molecule has 6 nitrogen and oxygen atoms in total. The molecule has 1 fully saturated rings. The average molecular weight is 407 g/mol. The predicted molar refractivity (Wildman–Crippen MR) is 116 cm³/mol. The lowest BCUT2D eigenvalue weighted by Gasteiger charge is -2.29. The van der Waals surface area contributed by atoms with E-state index >= 15 is 0 Å². The van der Waals surface area contributed by atoms with Crippen molar-refractivity contribution in [1.82, 2.24) is 5.32 Å². The number of nitrogens with one attached hydrogen (secondary N) is 2. The van der Waals surface area contributed by atoms with Gasteiger partial charge in [0.05, 0.1) is 22.5 Å². The van der Waals surface area contributed by atoms with E-state index < -0.39 is 10.0 Å². The third-order valence-electron chi connectivity index (χ3n) is 5.28. The molecule has 1 aliphatic rings. The number of furan rings is 1. The summed E-state index contributed by atoms with van der Waals surface area (Å²) in [6.45, 7) is 3.45. The third kappa shape index (κ3) is 3.32. The highest BCUT2D eigenvalue weighted by Gasteiger charge is 2.21. The predicted octanol–water partition coefficient (Wildman–Crippen LogP) is 3.80. The number of fused-ring (bicyclic) bond motifs is 2. The molecule has 1 saturated heterocycles. The third-order valence-corrected chi connectivity index (χ3v) is 6.72. The van der Waals surface area contributed by atoms with Crippen LogP contribution in [0.25, 0.3) is 21.7 Å². The molecule has 0 spiro atoms. The molecule has 0 bridgehead atoms. The van der Waals surface area contributed by atoms with Crippen molar-refractivity contribution in [1.29, 1.82) is 0 Å². The molecule has 4 aromatic rings. The summed E-state index contributed by atoms with van der Waals surface area (Å²) in [7, 11) is -3.75. The van der Waals surface area contributed by atoms with Gasteiger partial charge in [0.2, 0.25) is 0 Å². The fourth-order valence-corrected chi connectivity index (χ4v) is 5.17. The molecule has 0 atom stereocenters. The zero-order valence-corrected chi connectivity index (χ0v) is 16.6. The number of rotatable bonds is 4. The number of sulfonamides is 1. The van der Waals surface area contributed by atoms with Gasteiger partial charge in [-0.05, 0) is 29.7 Å². The number of piperazine rings is 1. The molecule has 0 aliphatic carbocycles. The highest BCUT2D eigenvalue weighted by molar-refractivity contribution is 7.93. The first-order valence-corrected chi connectivity index (χ1v) is 11.1. The quantitative estimate of drug-likeness (QED) is 0.538. The van der Waals surface area contributed by atoms with Crippen LogP contribution >= 0.6 is 0 Å². The van der Waals surface area contributed by atoms with E-state index in [0.29, 0.717) is 11.1 Å². The molecule has 1 aromatic heterocycles. The molecule has 29 heavy (non-hydrogen) atoms.